The first-order valence-electron chi connectivity index (χ1n) is 9.79. The Balaban J connectivity index is 1.46. The van der Waals surface area contributed by atoms with Crippen LogP contribution in [0.4, 0.5) is 9.59 Å². The fourth-order valence-corrected chi connectivity index (χ4v) is 3.75. The fraction of sp³-hybridized carbons (Fsp3) is 0.550. The smallest absolute Gasteiger partial charge is 0.317 e. The zero-order chi connectivity index (χ0) is 19.9. The van der Waals surface area contributed by atoms with Gasteiger partial charge in [0.25, 0.3) is 0 Å². The highest BCUT2D eigenvalue weighted by Crippen LogP contribution is 2.22. The second-order valence-electron chi connectivity index (χ2n) is 7.36. The average Bonchev–Trinajstić information content (AvgIpc) is 2.74. The lowest BCUT2D eigenvalue weighted by molar-refractivity contribution is -0.113. The number of urea groups is 1. The minimum Gasteiger partial charge on any atom is -0.317 e. The van der Waals surface area contributed by atoms with Crippen LogP contribution in [0.1, 0.15) is 18.4 Å². The Morgan fingerprint density at radius 2 is 1.93 bits per heavy atom. The Kier molecular flexibility index (Phi) is 6.86. The van der Waals surface area contributed by atoms with Crippen molar-refractivity contribution in [1.82, 2.24) is 20.2 Å². The Hall–Kier alpha value is -2.61. The molecule has 0 saturated carbocycles. The molecule has 1 aromatic rings. The van der Waals surface area contributed by atoms with Crippen LogP contribution in [0.3, 0.4) is 0 Å². The molecule has 8 nitrogen and oxygen atoms in total. The van der Waals surface area contributed by atoms with Crippen molar-refractivity contribution in [1.29, 1.82) is 0 Å². The van der Waals surface area contributed by atoms with Crippen LogP contribution in [0.5, 0.6) is 0 Å². The number of carbonyl (C=O) groups is 3. The van der Waals surface area contributed by atoms with Gasteiger partial charge >= 0.3 is 12.1 Å². The van der Waals surface area contributed by atoms with Crippen LogP contribution in [0.2, 0.25) is 0 Å². The van der Waals surface area contributed by atoms with Crippen molar-refractivity contribution in [3.63, 3.8) is 0 Å². The Morgan fingerprint density at radius 1 is 1.21 bits per heavy atom. The number of likely N-dealkylation sites (tertiary alicyclic amines) is 1. The van der Waals surface area contributed by atoms with Gasteiger partial charge < -0.3 is 24.7 Å². The first-order chi connectivity index (χ1) is 13.6. The van der Waals surface area contributed by atoms with Crippen LogP contribution in [-0.2, 0) is 16.1 Å². The standard InChI is InChI=1S/C20H28N4O4/c1-22(19(26)24-12-9-21-14-18(24)15-25)28-20(27)23-10-7-17(8-11-23)13-16-5-3-2-4-6-16/h2-6,15,17-18,21H,7-14H2,1H3. The van der Waals surface area contributed by atoms with E-state index in [-0.39, 0.29) is 0 Å². The molecular formula is C20H28N4O4. The number of amides is 3. The average molecular weight is 388 g/mol. The van der Waals surface area contributed by atoms with Crippen molar-refractivity contribution in [3.05, 3.63) is 35.9 Å². The number of nitrogens with one attached hydrogen (secondary N) is 1. The monoisotopic (exact) mass is 388 g/mol. The van der Waals surface area contributed by atoms with Crippen LogP contribution < -0.4 is 5.32 Å². The highest BCUT2D eigenvalue weighted by Gasteiger charge is 2.31. The van der Waals surface area contributed by atoms with Gasteiger partial charge in [-0.2, -0.15) is 5.06 Å². The molecule has 0 aromatic heterocycles. The summed E-state index contributed by atoms with van der Waals surface area (Å²) >= 11 is 0. The number of aldehydes is 1. The summed E-state index contributed by atoms with van der Waals surface area (Å²) in [5.41, 5.74) is 1.31. The van der Waals surface area contributed by atoms with E-state index in [4.69, 9.17) is 4.84 Å². The van der Waals surface area contributed by atoms with Gasteiger partial charge in [-0.05, 0) is 30.7 Å². The maximum absolute atomic E-state index is 12.5. The summed E-state index contributed by atoms with van der Waals surface area (Å²) in [6.45, 7) is 2.64. The van der Waals surface area contributed by atoms with E-state index in [1.807, 2.05) is 18.2 Å². The third-order valence-electron chi connectivity index (χ3n) is 5.41. The summed E-state index contributed by atoms with van der Waals surface area (Å²) in [5, 5.41) is 3.99. The van der Waals surface area contributed by atoms with Crippen molar-refractivity contribution >= 4 is 18.4 Å². The van der Waals surface area contributed by atoms with Crippen LogP contribution in [-0.4, -0.2) is 79.1 Å². The van der Waals surface area contributed by atoms with E-state index in [1.165, 1.54) is 17.5 Å². The van der Waals surface area contributed by atoms with Gasteiger partial charge in [0.1, 0.15) is 12.3 Å². The van der Waals surface area contributed by atoms with E-state index in [0.717, 1.165) is 30.6 Å². The lowest BCUT2D eigenvalue weighted by atomic mass is 9.90. The van der Waals surface area contributed by atoms with Crippen LogP contribution in [0.25, 0.3) is 0 Å². The van der Waals surface area contributed by atoms with E-state index in [9.17, 15) is 14.4 Å². The molecule has 2 aliphatic heterocycles. The number of hydrogen-bond acceptors (Lipinski definition) is 5. The number of benzene rings is 1. The van der Waals surface area contributed by atoms with E-state index in [1.54, 1.807) is 4.90 Å². The minimum atomic E-state index is -0.545. The number of hydrogen-bond donors (Lipinski definition) is 1. The molecule has 152 valence electrons. The predicted molar refractivity (Wildman–Crippen MR) is 104 cm³/mol. The fourth-order valence-electron chi connectivity index (χ4n) is 3.75. The Labute approximate surface area is 165 Å². The number of carbonyl (C=O) groups excluding carboxylic acids is 3. The van der Waals surface area contributed by atoms with Crippen LogP contribution in [0.15, 0.2) is 30.3 Å². The molecular weight excluding hydrogens is 360 g/mol. The molecule has 3 amide bonds. The second-order valence-corrected chi connectivity index (χ2v) is 7.36. The molecule has 8 heteroatoms. The highest BCUT2D eigenvalue weighted by molar-refractivity contribution is 5.79. The van der Waals surface area contributed by atoms with Crippen molar-refractivity contribution in [2.24, 2.45) is 5.92 Å². The summed E-state index contributed by atoms with van der Waals surface area (Å²) in [7, 11) is 1.41. The van der Waals surface area contributed by atoms with Crippen molar-refractivity contribution in [2.75, 3.05) is 39.8 Å². The molecule has 1 aromatic carbocycles. The molecule has 1 atom stereocenters. The first kappa shape index (κ1) is 20.1. The molecule has 0 spiro atoms. The molecule has 0 bridgehead atoms. The number of rotatable bonds is 3. The van der Waals surface area contributed by atoms with Gasteiger partial charge in [0.2, 0.25) is 0 Å². The normalized spacial score (nSPS) is 20.5. The molecule has 28 heavy (non-hydrogen) atoms. The molecule has 0 radical (unpaired) electrons. The number of piperazine rings is 1. The predicted octanol–water partition coefficient (Wildman–Crippen LogP) is 1.52. The van der Waals surface area contributed by atoms with Gasteiger partial charge in [-0.15, -0.1) is 0 Å². The van der Waals surface area contributed by atoms with E-state index < -0.39 is 18.2 Å². The van der Waals surface area contributed by atoms with Gasteiger partial charge in [0.05, 0.1) is 7.05 Å². The van der Waals surface area contributed by atoms with Crippen molar-refractivity contribution in [3.8, 4) is 0 Å². The summed E-state index contributed by atoms with van der Waals surface area (Å²) in [6, 6.07) is 9.33. The maximum atomic E-state index is 12.5. The molecule has 2 heterocycles. The van der Waals surface area contributed by atoms with E-state index in [2.05, 4.69) is 17.4 Å². The third-order valence-corrected chi connectivity index (χ3v) is 5.41. The lowest BCUT2D eigenvalue weighted by Crippen LogP contribution is -2.57. The molecule has 2 saturated heterocycles. The minimum absolute atomic E-state index is 0.398. The van der Waals surface area contributed by atoms with E-state index in [0.29, 0.717) is 38.6 Å². The van der Waals surface area contributed by atoms with Crippen molar-refractivity contribution in [2.45, 2.75) is 25.3 Å². The molecule has 2 fully saturated rings. The number of hydroxylamine groups is 2. The summed E-state index contributed by atoms with van der Waals surface area (Å²) in [4.78, 5) is 44.4. The van der Waals surface area contributed by atoms with Gasteiger partial charge in [0.15, 0.2) is 0 Å². The zero-order valence-electron chi connectivity index (χ0n) is 16.3. The van der Waals surface area contributed by atoms with E-state index >= 15 is 0 Å². The largest absolute Gasteiger partial charge is 0.434 e. The second kappa shape index (κ2) is 9.54. The third kappa shape index (κ3) is 5.01. The Morgan fingerprint density at radius 3 is 2.61 bits per heavy atom. The quantitative estimate of drug-likeness (QED) is 0.627. The van der Waals surface area contributed by atoms with Crippen LogP contribution >= 0.6 is 0 Å². The number of piperidine rings is 1. The number of nitrogens with zero attached hydrogens (tertiary/aromatic N) is 3. The Bertz CT molecular complexity index is 676. The summed E-state index contributed by atoms with van der Waals surface area (Å²) in [5.74, 6) is 0.542. The molecule has 0 aliphatic carbocycles. The van der Waals surface area contributed by atoms with Gasteiger partial charge in [0, 0.05) is 32.7 Å². The topological polar surface area (TPSA) is 82.2 Å². The summed E-state index contributed by atoms with van der Waals surface area (Å²) in [6.07, 6.45) is 3.04. The van der Waals surface area contributed by atoms with Crippen molar-refractivity contribution < 1.29 is 19.2 Å². The van der Waals surface area contributed by atoms with Gasteiger partial charge in [-0.25, -0.2) is 9.59 Å². The molecule has 3 rings (SSSR count). The summed E-state index contributed by atoms with van der Waals surface area (Å²) < 4.78 is 0. The molecule has 1 unspecified atom stereocenters. The maximum Gasteiger partial charge on any atom is 0.434 e. The molecule has 1 N–H and O–H groups in total. The molecule has 2 aliphatic rings. The highest BCUT2D eigenvalue weighted by atomic mass is 16.7. The van der Waals surface area contributed by atoms with Gasteiger partial charge in [-0.1, -0.05) is 30.3 Å². The SMILES string of the molecule is CN(OC(=O)N1CCC(Cc2ccccc2)CC1)C(=O)N1CCNCC1C=O. The zero-order valence-corrected chi connectivity index (χ0v) is 16.3. The lowest BCUT2D eigenvalue weighted by Gasteiger charge is -2.36. The first-order valence-corrected chi connectivity index (χ1v) is 9.79. The van der Waals surface area contributed by atoms with Gasteiger partial charge in [-0.3, -0.25) is 0 Å². The van der Waals surface area contributed by atoms with Crippen LogP contribution in [0, 0.1) is 5.92 Å².